The molecule has 0 aliphatic carbocycles. The molecule has 0 bridgehead atoms. The monoisotopic (exact) mass is 213 g/mol. The first-order valence-electron chi connectivity index (χ1n) is 6.28. The average molecular weight is 213 g/mol. The number of rotatable bonds is 4. The molecule has 0 spiro atoms. The van der Waals surface area contributed by atoms with Gasteiger partial charge < -0.3 is 10.2 Å². The molecule has 2 atom stereocenters. The molecule has 1 saturated heterocycles. The highest BCUT2D eigenvalue weighted by Gasteiger charge is 2.25. The minimum atomic E-state index is 0.659. The van der Waals surface area contributed by atoms with Crippen molar-refractivity contribution in [2.75, 3.05) is 40.3 Å². The average Bonchev–Trinajstić information content (AvgIpc) is 2.39. The molecule has 0 amide bonds. The van der Waals surface area contributed by atoms with Crippen molar-refractivity contribution in [1.29, 1.82) is 0 Å². The summed E-state index contributed by atoms with van der Waals surface area (Å²) in [4.78, 5) is 5.15. The molecule has 2 unspecified atom stereocenters. The predicted molar refractivity (Wildman–Crippen MR) is 66.3 cm³/mol. The van der Waals surface area contributed by atoms with Crippen molar-refractivity contribution in [3.8, 4) is 0 Å². The predicted octanol–water partition coefficient (Wildman–Crippen LogP) is 1.01. The molecule has 0 aromatic carbocycles. The van der Waals surface area contributed by atoms with Crippen LogP contribution in [0.2, 0.25) is 0 Å². The van der Waals surface area contributed by atoms with E-state index in [-0.39, 0.29) is 0 Å². The van der Waals surface area contributed by atoms with E-state index in [9.17, 15) is 0 Å². The lowest BCUT2D eigenvalue weighted by molar-refractivity contribution is 0.136. The van der Waals surface area contributed by atoms with Crippen LogP contribution >= 0.6 is 0 Å². The number of nitrogens with zero attached hydrogens (tertiary/aromatic N) is 2. The molecular weight excluding hydrogens is 186 g/mol. The van der Waals surface area contributed by atoms with Gasteiger partial charge in [0, 0.05) is 31.7 Å². The third kappa shape index (κ3) is 3.74. The Morgan fingerprint density at radius 3 is 2.73 bits per heavy atom. The maximum absolute atomic E-state index is 3.29. The van der Waals surface area contributed by atoms with Crippen LogP contribution in [0.15, 0.2) is 0 Å². The van der Waals surface area contributed by atoms with Gasteiger partial charge in [-0.15, -0.1) is 0 Å². The SMILES string of the molecule is CCC1CN(C)CCCN1C(C)CNC. The molecule has 0 aromatic rings. The zero-order chi connectivity index (χ0) is 11.3. The van der Waals surface area contributed by atoms with Gasteiger partial charge in [-0.05, 0) is 40.4 Å². The van der Waals surface area contributed by atoms with Crippen molar-refractivity contribution in [2.45, 2.75) is 38.8 Å². The number of hydrogen-bond donors (Lipinski definition) is 1. The fourth-order valence-electron chi connectivity index (χ4n) is 2.62. The second-order valence-corrected chi connectivity index (χ2v) is 4.82. The summed E-state index contributed by atoms with van der Waals surface area (Å²) in [5, 5.41) is 3.29. The summed E-state index contributed by atoms with van der Waals surface area (Å²) in [6.45, 7) is 9.48. The van der Waals surface area contributed by atoms with Crippen molar-refractivity contribution in [1.82, 2.24) is 15.1 Å². The summed E-state index contributed by atoms with van der Waals surface area (Å²) < 4.78 is 0. The molecule has 90 valence electrons. The van der Waals surface area contributed by atoms with E-state index >= 15 is 0 Å². The zero-order valence-electron chi connectivity index (χ0n) is 10.8. The van der Waals surface area contributed by atoms with E-state index in [4.69, 9.17) is 0 Å². The van der Waals surface area contributed by atoms with Crippen LogP contribution in [-0.4, -0.2) is 62.2 Å². The van der Waals surface area contributed by atoms with Crippen LogP contribution in [0.4, 0.5) is 0 Å². The van der Waals surface area contributed by atoms with Crippen molar-refractivity contribution in [2.24, 2.45) is 0 Å². The first-order chi connectivity index (χ1) is 7.19. The molecular formula is C12H27N3. The van der Waals surface area contributed by atoms with Gasteiger partial charge in [0.05, 0.1) is 0 Å². The summed E-state index contributed by atoms with van der Waals surface area (Å²) in [6, 6.07) is 1.40. The van der Waals surface area contributed by atoms with Crippen LogP contribution in [-0.2, 0) is 0 Å². The van der Waals surface area contributed by atoms with Gasteiger partial charge in [0.15, 0.2) is 0 Å². The summed E-state index contributed by atoms with van der Waals surface area (Å²) in [5.74, 6) is 0. The quantitative estimate of drug-likeness (QED) is 0.752. The van der Waals surface area contributed by atoms with Crippen LogP contribution in [0, 0.1) is 0 Å². The topological polar surface area (TPSA) is 18.5 Å². The van der Waals surface area contributed by atoms with Gasteiger partial charge in [0.2, 0.25) is 0 Å². The lowest BCUT2D eigenvalue weighted by Crippen LogP contribution is -2.48. The third-order valence-electron chi connectivity index (χ3n) is 3.48. The Balaban J connectivity index is 2.57. The summed E-state index contributed by atoms with van der Waals surface area (Å²) >= 11 is 0. The standard InChI is InChI=1S/C12H27N3/c1-5-12-10-14(4)7-6-8-15(12)11(2)9-13-3/h11-13H,5-10H2,1-4H3. The maximum atomic E-state index is 3.29. The molecule has 3 heteroatoms. The highest BCUT2D eigenvalue weighted by molar-refractivity contribution is 4.82. The Kier molecular flexibility index (Phi) is 5.58. The Hall–Kier alpha value is -0.120. The molecule has 1 aliphatic heterocycles. The largest absolute Gasteiger partial charge is 0.318 e. The lowest BCUT2D eigenvalue weighted by Gasteiger charge is -2.35. The minimum Gasteiger partial charge on any atom is -0.318 e. The second-order valence-electron chi connectivity index (χ2n) is 4.82. The lowest BCUT2D eigenvalue weighted by atomic mass is 10.1. The molecule has 1 heterocycles. The van der Waals surface area contributed by atoms with Gasteiger partial charge >= 0.3 is 0 Å². The van der Waals surface area contributed by atoms with E-state index in [1.54, 1.807) is 0 Å². The van der Waals surface area contributed by atoms with E-state index in [0.717, 1.165) is 12.6 Å². The fourth-order valence-corrected chi connectivity index (χ4v) is 2.62. The van der Waals surface area contributed by atoms with Crippen LogP contribution in [0.5, 0.6) is 0 Å². The van der Waals surface area contributed by atoms with Gasteiger partial charge in [-0.1, -0.05) is 6.92 Å². The first-order valence-corrected chi connectivity index (χ1v) is 6.28. The molecule has 15 heavy (non-hydrogen) atoms. The normalized spacial score (nSPS) is 27.6. The van der Waals surface area contributed by atoms with Crippen molar-refractivity contribution in [3.05, 3.63) is 0 Å². The Labute approximate surface area is 94.8 Å². The van der Waals surface area contributed by atoms with Crippen molar-refractivity contribution >= 4 is 0 Å². The highest BCUT2D eigenvalue weighted by Crippen LogP contribution is 2.14. The van der Waals surface area contributed by atoms with E-state index in [0.29, 0.717) is 6.04 Å². The van der Waals surface area contributed by atoms with Crippen LogP contribution < -0.4 is 5.32 Å². The van der Waals surface area contributed by atoms with Crippen molar-refractivity contribution in [3.63, 3.8) is 0 Å². The molecule has 0 saturated carbocycles. The Morgan fingerprint density at radius 1 is 1.40 bits per heavy atom. The highest BCUT2D eigenvalue weighted by atomic mass is 15.3. The fraction of sp³-hybridized carbons (Fsp3) is 1.00. The first kappa shape index (κ1) is 12.9. The summed E-state index contributed by atoms with van der Waals surface area (Å²) in [7, 11) is 4.29. The second kappa shape index (κ2) is 6.46. The van der Waals surface area contributed by atoms with E-state index in [1.807, 2.05) is 7.05 Å². The van der Waals surface area contributed by atoms with Gasteiger partial charge in [0.1, 0.15) is 0 Å². The van der Waals surface area contributed by atoms with Crippen LogP contribution in [0.1, 0.15) is 26.7 Å². The maximum Gasteiger partial charge on any atom is 0.0223 e. The number of likely N-dealkylation sites (N-methyl/N-ethyl adjacent to an activating group) is 2. The minimum absolute atomic E-state index is 0.659. The molecule has 0 aromatic heterocycles. The van der Waals surface area contributed by atoms with Crippen molar-refractivity contribution < 1.29 is 0 Å². The molecule has 0 radical (unpaired) electrons. The molecule has 1 rings (SSSR count). The van der Waals surface area contributed by atoms with Crippen LogP contribution in [0.25, 0.3) is 0 Å². The van der Waals surface area contributed by atoms with Crippen LogP contribution in [0.3, 0.4) is 0 Å². The molecule has 3 nitrogen and oxygen atoms in total. The van der Waals surface area contributed by atoms with Gasteiger partial charge in [-0.25, -0.2) is 0 Å². The number of nitrogens with one attached hydrogen (secondary N) is 1. The molecule has 1 N–H and O–H groups in total. The van der Waals surface area contributed by atoms with E-state index < -0.39 is 0 Å². The van der Waals surface area contributed by atoms with Gasteiger partial charge in [0.25, 0.3) is 0 Å². The third-order valence-corrected chi connectivity index (χ3v) is 3.48. The van der Waals surface area contributed by atoms with Gasteiger partial charge in [-0.2, -0.15) is 0 Å². The van der Waals surface area contributed by atoms with E-state index in [2.05, 4.69) is 36.0 Å². The smallest absolute Gasteiger partial charge is 0.0223 e. The Morgan fingerprint density at radius 2 is 2.13 bits per heavy atom. The van der Waals surface area contributed by atoms with Gasteiger partial charge in [-0.3, -0.25) is 4.90 Å². The zero-order valence-corrected chi connectivity index (χ0v) is 10.8. The Bertz CT molecular complexity index is 172. The molecule has 1 aliphatic rings. The molecule has 1 fully saturated rings. The number of hydrogen-bond acceptors (Lipinski definition) is 3. The summed E-state index contributed by atoms with van der Waals surface area (Å²) in [5.41, 5.74) is 0. The summed E-state index contributed by atoms with van der Waals surface area (Å²) in [6.07, 6.45) is 2.57. The van der Waals surface area contributed by atoms with E-state index in [1.165, 1.54) is 32.5 Å².